The Kier molecular flexibility index (Phi) is 4.63. The number of para-hydroxylation sites is 1. The molecule has 0 spiro atoms. The number of rotatable bonds is 2. The largest absolute Gasteiger partial charge is 0.496 e. The first-order valence-corrected chi connectivity index (χ1v) is 5.65. The zero-order chi connectivity index (χ0) is 10.7. The highest BCUT2D eigenvalue weighted by Crippen LogP contribution is 2.35. The van der Waals surface area contributed by atoms with Gasteiger partial charge < -0.3 is 10.1 Å². The van der Waals surface area contributed by atoms with Crippen LogP contribution in [0.3, 0.4) is 0 Å². The Morgan fingerprint density at radius 1 is 1.25 bits per heavy atom. The maximum Gasteiger partial charge on any atom is 0.123 e. The number of methoxy groups -OCH3 is 1. The van der Waals surface area contributed by atoms with E-state index in [4.69, 9.17) is 4.74 Å². The van der Waals surface area contributed by atoms with E-state index >= 15 is 0 Å². The van der Waals surface area contributed by atoms with Gasteiger partial charge in [-0.05, 0) is 32.4 Å². The second-order valence-electron chi connectivity index (χ2n) is 4.42. The third kappa shape index (κ3) is 2.50. The normalized spacial score (nSPS) is 24.6. The SMILES string of the molecule is COc1ccccc1C1(C)CCCCN1.Cl. The fourth-order valence-electron chi connectivity index (χ4n) is 2.39. The van der Waals surface area contributed by atoms with Crippen molar-refractivity contribution in [3.63, 3.8) is 0 Å². The van der Waals surface area contributed by atoms with E-state index in [1.807, 2.05) is 12.1 Å². The summed E-state index contributed by atoms with van der Waals surface area (Å²) in [4.78, 5) is 0. The highest BCUT2D eigenvalue weighted by molar-refractivity contribution is 5.85. The molecule has 1 aromatic rings. The van der Waals surface area contributed by atoms with Crippen LogP contribution in [0.4, 0.5) is 0 Å². The molecule has 1 atom stereocenters. The van der Waals surface area contributed by atoms with Crippen LogP contribution in [0.25, 0.3) is 0 Å². The van der Waals surface area contributed by atoms with Crippen LogP contribution in [0.15, 0.2) is 24.3 Å². The number of nitrogens with one attached hydrogen (secondary N) is 1. The summed E-state index contributed by atoms with van der Waals surface area (Å²) in [5.74, 6) is 0.995. The summed E-state index contributed by atoms with van der Waals surface area (Å²) in [5.41, 5.74) is 1.37. The minimum atomic E-state index is 0. The van der Waals surface area contributed by atoms with Crippen molar-refractivity contribution in [2.45, 2.75) is 31.7 Å². The Balaban J connectivity index is 0.00000128. The molecule has 0 aliphatic carbocycles. The van der Waals surface area contributed by atoms with E-state index in [9.17, 15) is 0 Å². The van der Waals surface area contributed by atoms with Crippen molar-refractivity contribution in [1.82, 2.24) is 5.32 Å². The Morgan fingerprint density at radius 3 is 2.62 bits per heavy atom. The van der Waals surface area contributed by atoms with Crippen molar-refractivity contribution < 1.29 is 4.74 Å². The van der Waals surface area contributed by atoms with Crippen molar-refractivity contribution in [2.24, 2.45) is 0 Å². The fourth-order valence-corrected chi connectivity index (χ4v) is 2.39. The van der Waals surface area contributed by atoms with Crippen LogP contribution in [0.5, 0.6) is 5.75 Å². The van der Waals surface area contributed by atoms with Crippen LogP contribution in [-0.2, 0) is 5.54 Å². The zero-order valence-electron chi connectivity index (χ0n) is 9.95. The predicted octanol–water partition coefficient (Wildman–Crippen LogP) is 3.11. The topological polar surface area (TPSA) is 21.3 Å². The van der Waals surface area contributed by atoms with Gasteiger partial charge in [0.2, 0.25) is 0 Å². The Hall–Kier alpha value is -0.730. The lowest BCUT2D eigenvalue weighted by Crippen LogP contribution is -2.43. The van der Waals surface area contributed by atoms with E-state index < -0.39 is 0 Å². The summed E-state index contributed by atoms with van der Waals surface area (Å²) < 4.78 is 5.42. The predicted molar refractivity (Wildman–Crippen MR) is 69.4 cm³/mol. The van der Waals surface area contributed by atoms with Gasteiger partial charge in [0, 0.05) is 11.1 Å². The van der Waals surface area contributed by atoms with Gasteiger partial charge in [0.05, 0.1) is 7.11 Å². The maximum absolute atomic E-state index is 5.42. The van der Waals surface area contributed by atoms with Crippen LogP contribution in [-0.4, -0.2) is 13.7 Å². The Labute approximate surface area is 104 Å². The molecule has 0 bridgehead atoms. The molecule has 2 rings (SSSR count). The van der Waals surface area contributed by atoms with Gasteiger partial charge in [-0.25, -0.2) is 0 Å². The number of halogens is 1. The minimum absolute atomic E-state index is 0. The molecule has 3 heteroatoms. The lowest BCUT2D eigenvalue weighted by Gasteiger charge is -2.36. The van der Waals surface area contributed by atoms with Crippen LogP contribution in [0.1, 0.15) is 31.7 Å². The monoisotopic (exact) mass is 241 g/mol. The lowest BCUT2D eigenvalue weighted by atomic mass is 9.83. The van der Waals surface area contributed by atoms with Gasteiger partial charge in [-0.3, -0.25) is 0 Å². The van der Waals surface area contributed by atoms with E-state index in [-0.39, 0.29) is 17.9 Å². The molecule has 1 unspecified atom stereocenters. The van der Waals surface area contributed by atoms with E-state index in [0.717, 1.165) is 12.3 Å². The minimum Gasteiger partial charge on any atom is -0.496 e. The van der Waals surface area contributed by atoms with Gasteiger partial charge in [-0.1, -0.05) is 24.6 Å². The highest BCUT2D eigenvalue weighted by atomic mass is 35.5. The molecule has 0 radical (unpaired) electrons. The quantitative estimate of drug-likeness (QED) is 0.859. The smallest absolute Gasteiger partial charge is 0.123 e. The van der Waals surface area contributed by atoms with E-state index in [1.165, 1.54) is 24.8 Å². The van der Waals surface area contributed by atoms with Crippen molar-refractivity contribution in [2.75, 3.05) is 13.7 Å². The maximum atomic E-state index is 5.42. The van der Waals surface area contributed by atoms with Crippen molar-refractivity contribution >= 4 is 12.4 Å². The first kappa shape index (κ1) is 13.3. The van der Waals surface area contributed by atoms with Crippen molar-refractivity contribution in [3.8, 4) is 5.75 Å². The summed E-state index contributed by atoms with van der Waals surface area (Å²) in [6.45, 7) is 3.37. The van der Waals surface area contributed by atoms with Crippen molar-refractivity contribution in [1.29, 1.82) is 0 Å². The van der Waals surface area contributed by atoms with Gasteiger partial charge in [0.25, 0.3) is 0 Å². The van der Waals surface area contributed by atoms with Crippen LogP contribution >= 0.6 is 12.4 Å². The van der Waals surface area contributed by atoms with Crippen molar-refractivity contribution in [3.05, 3.63) is 29.8 Å². The molecule has 1 heterocycles. The van der Waals surface area contributed by atoms with Gasteiger partial charge in [-0.2, -0.15) is 0 Å². The van der Waals surface area contributed by atoms with Crippen LogP contribution in [0.2, 0.25) is 0 Å². The van der Waals surface area contributed by atoms with Crippen LogP contribution in [0, 0.1) is 0 Å². The zero-order valence-corrected chi connectivity index (χ0v) is 10.8. The lowest BCUT2D eigenvalue weighted by molar-refractivity contribution is 0.272. The highest BCUT2D eigenvalue weighted by Gasteiger charge is 2.30. The molecular weight excluding hydrogens is 222 g/mol. The Bertz CT molecular complexity index is 334. The Morgan fingerprint density at radius 2 is 2.00 bits per heavy atom. The molecule has 1 aliphatic heterocycles. The molecule has 0 amide bonds. The number of ether oxygens (including phenoxy) is 1. The summed E-state index contributed by atoms with van der Waals surface area (Å²) in [5, 5.41) is 3.61. The molecule has 90 valence electrons. The van der Waals surface area contributed by atoms with Crippen LogP contribution < -0.4 is 10.1 Å². The number of piperidine rings is 1. The molecule has 1 fully saturated rings. The summed E-state index contributed by atoms with van der Waals surface area (Å²) in [7, 11) is 1.74. The number of hydrogen-bond donors (Lipinski definition) is 1. The fraction of sp³-hybridized carbons (Fsp3) is 0.538. The summed E-state index contributed by atoms with van der Waals surface area (Å²) in [6.07, 6.45) is 3.76. The second kappa shape index (κ2) is 5.55. The molecule has 1 aromatic carbocycles. The third-order valence-corrected chi connectivity index (χ3v) is 3.32. The van der Waals surface area contributed by atoms with Gasteiger partial charge in [0.15, 0.2) is 0 Å². The third-order valence-electron chi connectivity index (χ3n) is 3.32. The first-order valence-electron chi connectivity index (χ1n) is 5.65. The number of hydrogen-bond acceptors (Lipinski definition) is 2. The first-order chi connectivity index (χ1) is 7.26. The molecule has 0 saturated carbocycles. The van der Waals surface area contributed by atoms with E-state index in [2.05, 4.69) is 24.4 Å². The molecular formula is C13H20ClNO. The molecule has 1 saturated heterocycles. The van der Waals surface area contributed by atoms with Gasteiger partial charge in [-0.15, -0.1) is 12.4 Å². The summed E-state index contributed by atoms with van der Waals surface area (Å²) >= 11 is 0. The summed E-state index contributed by atoms with van der Waals surface area (Å²) in [6, 6.07) is 8.31. The van der Waals surface area contributed by atoms with E-state index in [1.54, 1.807) is 7.11 Å². The van der Waals surface area contributed by atoms with Gasteiger partial charge >= 0.3 is 0 Å². The molecule has 0 aromatic heterocycles. The molecule has 2 nitrogen and oxygen atoms in total. The standard InChI is InChI=1S/C13H19NO.ClH/c1-13(9-5-6-10-14-13)11-7-3-4-8-12(11)15-2;/h3-4,7-8,14H,5-6,9-10H2,1-2H3;1H. The molecule has 16 heavy (non-hydrogen) atoms. The molecule has 1 aliphatic rings. The van der Waals surface area contributed by atoms with Gasteiger partial charge in [0.1, 0.15) is 5.75 Å². The average Bonchev–Trinajstić information content (AvgIpc) is 2.30. The second-order valence-corrected chi connectivity index (χ2v) is 4.42. The molecule has 1 N–H and O–H groups in total. The van der Waals surface area contributed by atoms with E-state index in [0.29, 0.717) is 0 Å². The average molecular weight is 242 g/mol. The number of benzene rings is 1.